The van der Waals surface area contributed by atoms with Crippen LogP contribution >= 0.6 is 0 Å². The molecule has 0 aliphatic carbocycles. The van der Waals surface area contributed by atoms with E-state index in [0.29, 0.717) is 5.56 Å². The Morgan fingerprint density at radius 2 is 2.00 bits per heavy atom. The second-order valence-electron chi connectivity index (χ2n) is 1.59. The molecule has 0 heterocycles. The quantitative estimate of drug-likeness (QED) is 0.605. The molecule has 1 aromatic carbocycles. The molecule has 0 saturated carbocycles. The number of benzene rings is 1. The van der Waals surface area contributed by atoms with Gasteiger partial charge in [-0.1, -0.05) is 12.1 Å². The molecule has 0 spiro atoms. The van der Waals surface area contributed by atoms with Gasteiger partial charge in [0.1, 0.15) is 0 Å². The first-order valence-corrected chi connectivity index (χ1v) is 2.50. The highest BCUT2D eigenvalue weighted by molar-refractivity contribution is 5.87. The predicted octanol–water partition coefficient (Wildman–Crippen LogP) is 1.18. The van der Waals surface area contributed by atoms with Crippen molar-refractivity contribution in [1.29, 1.82) is 0 Å². The van der Waals surface area contributed by atoms with Crippen LogP contribution in [-0.2, 0) is 0 Å². The average molecular weight is 121 g/mol. The molecule has 2 heteroatoms. The van der Waals surface area contributed by atoms with E-state index in [9.17, 15) is 4.79 Å². The lowest BCUT2D eigenvalue weighted by Gasteiger charge is -1.87. The molecule has 1 N–H and O–H groups in total. The van der Waals surface area contributed by atoms with Gasteiger partial charge < -0.3 is 5.11 Å². The van der Waals surface area contributed by atoms with E-state index in [4.69, 9.17) is 5.11 Å². The number of aromatic carboxylic acids is 1. The SMILES string of the molecule is O=C(O)c1cc[c]cc1. The van der Waals surface area contributed by atoms with E-state index in [1.165, 1.54) is 12.1 Å². The molecule has 0 saturated heterocycles. The van der Waals surface area contributed by atoms with Gasteiger partial charge in [-0.2, -0.15) is 0 Å². The zero-order valence-corrected chi connectivity index (χ0v) is 4.66. The van der Waals surface area contributed by atoms with E-state index in [1.54, 1.807) is 12.1 Å². The summed E-state index contributed by atoms with van der Waals surface area (Å²) in [7, 11) is 0. The third-order valence-corrected chi connectivity index (χ3v) is 0.965. The van der Waals surface area contributed by atoms with Crippen LogP contribution in [0.4, 0.5) is 0 Å². The molecule has 0 aliphatic heterocycles. The van der Waals surface area contributed by atoms with Crippen LogP contribution in [0, 0.1) is 6.07 Å². The molecule has 0 aromatic heterocycles. The second kappa shape index (κ2) is 2.31. The maximum absolute atomic E-state index is 10.2. The number of rotatable bonds is 1. The van der Waals surface area contributed by atoms with Crippen LogP contribution in [0.25, 0.3) is 0 Å². The summed E-state index contributed by atoms with van der Waals surface area (Å²) in [6.45, 7) is 0. The molecule has 0 fully saturated rings. The topological polar surface area (TPSA) is 37.3 Å². The Hall–Kier alpha value is -1.31. The first kappa shape index (κ1) is 5.82. The minimum Gasteiger partial charge on any atom is -0.478 e. The van der Waals surface area contributed by atoms with Crippen LogP contribution in [0.3, 0.4) is 0 Å². The number of carboxylic acids is 1. The van der Waals surface area contributed by atoms with Gasteiger partial charge in [0.25, 0.3) is 0 Å². The highest BCUT2D eigenvalue weighted by Crippen LogP contribution is 1.95. The van der Waals surface area contributed by atoms with Crippen molar-refractivity contribution in [3.05, 3.63) is 35.9 Å². The van der Waals surface area contributed by atoms with Gasteiger partial charge in [0.2, 0.25) is 0 Å². The lowest BCUT2D eigenvalue weighted by Crippen LogP contribution is -1.93. The molecule has 1 aromatic rings. The average Bonchev–Trinajstić information content (AvgIpc) is 1.90. The molecular weight excluding hydrogens is 116 g/mol. The summed E-state index contributed by atoms with van der Waals surface area (Å²) in [6.07, 6.45) is 0. The van der Waals surface area contributed by atoms with Gasteiger partial charge in [-0.25, -0.2) is 4.79 Å². The zero-order chi connectivity index (χ0) is 6.69. The van der Waals surface area contributed by atoms with Crippen LogP contribution < -0.4 is 0 Å². The molecular formula is C7H5O2. The van der Waals surface area contributed by atoms with E-state index in [-0.39, 0.29) is 0 Å². The summed E-state index contributed by atoms with van der Waals surface area (Å²) in [4.78, 5) is 10.2. The first-order chi connectivity index (χ1) is 4.30. The molecule has 0 aliphatic rings. The van der Waals surface area contributed by atoms with E-state index in [1.807, 2.05) is 0 Å². The maximum atomic E-state index is 10.2. The molecule has 2 nitrogen and oxygen atoms in total. The minimum absolute atomic E-state index is 0.300. The summed E-state index contributed by atoms with van der Waals surface area (Å²) >= 11 is 0. The fraction of sp³-hybridized carbons (Fsp3) is 0. The Bertz CT molecular complexity index is 203. The fourth-order valence-electron chi connectivity index (χ4n) is 0.529. The van der Waals surface area contributed by atoms with Crippen molar-refractivity contribution in [3.8, 4) is 0 Å². The third kappa shape index (κ3) is 1.29. The fourth-order valence-corrected chi connectivity index (χ4v) is 0.529. The molecule has 9 heavy (non-hydrogen) atoms. The standard InChI is InChI=1S/C7H5O2/c8-7(9)6-4-2-1-3-5-6/h2-5H,(H,8,9). The molecule has 0 bridgehead atoms. The van der Waals surface area contributed by atoms with Crippen molar-refractivity contribution >= 4 is 5.97 Å². The molecule has 45 valence electrons. The van der Waals surface area contributed by atoms with Crippen LogP contribution in [0.1, 0.15) is 10.4 Å². The normalized spacial score (nSPS) is 8.89. The Kier molecular flexibility index (Phi) is 1.49. The van der Waals surface area contributed by atoms with E-state index in [0.717, 1.165) is 0 Å². The van der Waals surface area contributed by atoms with E-state index < -0.39 is 5.97 Å². The van der Waals surface area contributed by atoms with Gasteiger partial charge in [-0.3, -0.25) is 0 Å². The highest BCUT2D eigenvalue weighted by atomic mass is 16.4. The van der Waals surface area contributed by atoms with Gasteiger partial charge in [0.15, 0.2) is 0 Å². The smallest absolute Gasteiger partial charge is 0.335 e. The summed E-state index contributed by atoms with van der Waals surface area (Å²) in [5.41, 5.74) is 0.300. The molecule has 1 rings (SSSR count). The number of hydrogen-bond donors (Lipinski definition) is 1. The van der Waals surface area contributed by atoms with Gasteiger partial charge in [-0.15, -0.1) is 0 Å². The highest BCUT2D eigenvalue weighted by Gasteiger charge is 1.96. The lowest BCUT2D eigenvalue weighted by atomic mass is 10.2. The molecule has 0 atom stereocenters. The van der Waals surface area contributed by atoms with Crippen molar-refractivity contribution in [1.82, 2.24) is 0 Å². The predicted molar refractivity (Wildman–Crippen MR) is 32.2 cm³/mol. The van der Waals surface area contributed by atoms with Gasteiger partial charge in [-0.05, 0) is 18.2 Å². The van der Waals surface area contributed by atoms with Gasteiger partial charge in [0, 0.05) is 0 Å². The van der Waals surface area contributed by atoms with E-state index in [2.05, 4.69) is 6.07 Å². The molecule has 0 amide bonds. The van der Waals surface area contributed by atoms with Gasteiger partial charge >= 0.3 is 5.97 Å². The zero-order valence-electron chi connectivity index (χ0n) is 4.66. The number of carboxylic acid groups (broad SMARTS) is 1. The van der Waals surface area contributed by atoms with Crippen LogP contribution in [-0.4, -0.2) is 11.1 Å². The van der Waals surface area contributed by atoms with E-state index >= 15 is 0 Å². The van der Waals surface area contributed by atoms with Crippen molar-refractivity contribution < 1.29 is 9.90 Å². The van der Waals surface area contributed by atoms with Gasteiger partial charge in [0.05, 0.1) is 5.56 Å². The van der Waals surface area contributed by atoms with Crippen molar-refractivity contribution in [2.45, 2.75) is 0 Å². The summed E-state index contributed by atoms with van der Waals surface area (Å²) in [5, 5.41) is 8.37. The van der Waals surface area contributed by atoms with Crippen LogP contribution in [0.5, 0.6) is 0 Å². The van der Waals surface area contributed by atoms with Crippen molar-refractivity contribution in [2.75, 3.05) is 0 Å². The first-order valence-electron chi connectivity index (χ1n) is 2.50. The number of hydrogen-bond acceptors (Lipinski definition) is 1. The molecule has 0 unspecified atom stereocenters. The van der Waals surface area contributed by atoms with Crippen molar-refractivity contribution in [3.63, 3.8) is 0 Å². The lowest BCUT2D eigenvalue weighted by molar-refractivity contribution is 0.0697. The summed E-state index contributed by atoms with van der Waals surface area (Å²) in [5.74, 6) is -0.899. The largest absolute Gasteiger partial charge is 0.478 e. The Balaban J connectivity index is 2.98. The summed E-state index contributed by atoms with van der Waals surface area (Å²) < 4.78 is 0. The summed E-state index contributed by atoms with van der Waals surface area (Å²) in [6, 6.07) is 8.87. The molecule has 1 radical (unpaired) electrons. The van der Waals surface area contributed by atoms with Crippen LogP contribution in [0.2, 0.25) is 0 Å². The Labute approximate surface area is 52.8 Å². The maximum Gasteiger partial charge on any atom is 0.335 e. The second-order valence-corrected chi connectivity index (χ2v) is 1.59. The Morgan fingerprint density at radius 3 is 2.33 bits per heavy atom. The number of carbonyl (C=O) groups is 1. The Morgan fingerprint density at radius 1 is 1.44 bits per heavy atom. The van der Waals surface area contributed by atoms with Crippen LogP contribution in [0.15, 0.2) is 24.3 Å². The van der Waals surface area contributed by atoms with Crippen molar-refractivity contribution in [2.24, 2.45) is 0 Å². The third-order valence-electron chi connectivity index (χ3n) is 0.965. The minimum atomic E-state index is -0.899. The monoisotopic (exact) mass is 121 g/mol.